The summed E-state index contributed by atoms with van der Waals surface area (Å²) in [5, 5.41) is 6.11. The number of anilines is 1. The fourth-order valence-corrected chi connectivity index (χ4v) is 3.42. The lowest BCUT2D eigenvalue weighted by Gasteiger charge is -2.11. The molecule has 0 saturated carbocycles. The Morgan fingerprint density at radius 2 is 1.85 bits per heavy atom. The van der Waals surface area contributed by atoms with E-state index < -0.39 is 0 Å². The topological polar surface area (TPSA) is 76.0 Å². The number of aryl methyl sites for hydroxylation is 1. The van der Waals surface area contributed by atoms with E-state index in [0.717, 1.165) is 16.4 Å². The summed E-state index contributed by atoms with van der Waals surface area (Å²) in [5.41, 5.74) is 3.08. The van der Waals surface area contributed by atoms with Crippen molar-refractivity contribution in [3.8, 4) is 5.69 Å². The Hall–Kier alpha value is -3.06. The molecular formula is C20H20N4O2S. The monoisotopic (exact) mass is 380 g/mol. The maximum atomic E-state index is 12.4. The van der Waals surface area contributed by atoms with Gasteiger partial charge >= 0.3 is 0 Å². The molecule has 138 valence electrons. The van der Waals surface area contributed by atoms with E-state index in [0.29, 0.717) is 11.3 Å². The fourth-order valence-electron chi connectivity index (χ4n) is 2.65. The highest BCUT2D eigenvalue weighted by molar-refractivity contribution is 7.99. The first-order valence-electron chi connectivity index (χ1n) is 8.43. The number of imidazole rings is 1. The van der Waals surface area contributed by atoms with Gasteiger partial charge < -0.3 is 10.6 Å². The molecule has 0 atom stereocenters. The Labute approximate surface area is 162 Å². The molecule has 0 bridgehead atoms. The summed E-state index contributed by atoms with van der Waals surface area (Å²) < 4.78 is 1.96. The quantitative estimate of drug-likeness (QED) is 0.644. The van der Waals surface area contributed by atoms with Crippen LogP contribution < -0.4 is 10.6 Å². The third kappa shape index (κ3) is 4.38. The molecule has 7 heteroatoms. The first-order chi connectivity index (χ1) is 13.1. The molecule has 6 nitrogen and oxygen atoms in total. The maximum absolute atomic E-state index is 12.4. The summed E-state index contributed by atoms with van der Waals surface area (Å²) in [6, 6.07) is 14.9. The molecule has 2 N–H and O–H groups in total. The molecule has 0 saturated heterocycles. The second-order valence-electron chi connectivity index (χ2n) is 5.83. The van der Waals surface area contributed by atoms with Crippen molar-refractivity contribution in [2.24, 2.45) is 0 Å². The minimum absolute atomic E-state index is 0.185. The van der Waals surface area contributed by atoms with E-state index in [1.807, 2.05) is 42.0 Å². The van der Waals surface area contributed by atoms with Gasteiger partial charge in [0.05, 0.1) is 22.7 Å². The number of hydrogen-bond acceptors (Lipinski definition) is 4. The molecular weight excluding hydrogens is 360 g/mol. The first-order valence-corrected chi connectivity index (χ1v) is 9.42. The Bertz CT molecular complexity index is 968. The molecule has 0 radical (unpaired) electrons. The Kier molecular flexibility index (Phi) is 5.93. The number of benzene rings is 2. The molecule has 0 spiro atoms. The van der Waals surface area contributed by atoms with Crippen molar-refractivity contribution < 1.29 is 9.59 Å². The van der Waals surface area contributed by atoms with Gasteiger partial charge in [0.25, 0.3) is 5.91 Å². The lowest BCUT2D eigenvalue weighted by Crippen LogP contribution is -2.22. The van der Waals surface area contributed by atoms with Gasteiger partial charge in [-0.1, -0.05) is 42.1 Å². The predicted octanol–water partition coefficient (Wildman–Crippen LogP) is 3.27. The molecule has 3 aromatic rings. The second kappa shape index (κ2) is 8.55. The van der Waals surface area contributed by atoms with Gasteiger partial charge in [0, 0.05) is 19.4 Å². The van der Waals surface area contributed by atoms with Crippen molar-refractivity contribution in [1.29, 1.82) is 0 Å². The molecule has 2 aromatic carbocycles. The van der Waals surface area contributed by atoms with Gasteiger partial charge in [-0.15, -0.1) is 0 Å². The Balaban J connectivity index is 1.69. The zero-order chi connectivity index (χ0) is 19.2. The van der Waals surface area contributed by atoms with E-state index in [-0.39, 0.29) is 17.6 Å². The average Bonchev–Trinajstić information content (AvgIpc) is 3.15. The number of carbonyl (C=O) groups excluding carboxylic acids is 2. The van der Waals surface area contributed by atoms with Gasteiger partial charge in [-0.25, -0.2) is 4.98 Å². The minimum Gasteiger partial charge on any atom is -0.355 e. The Morgan fingerprint density at radius 1 is 1.11 bits per heavy atom. The second-order valence-corrected chi connectivity index (χ2v) is 6.77. The van der Waals surface area contributed by atoms with Crippen LogP contribution in [0.15, 0.2) is 66.1 Å². The molecule has 0 fully saturated rings. The number of thioether (sulfide) groups is 1. The summed E-state index contributed by atoms with van der Waals surface area (Å²) in [7, 11) is 1.56. The zero-order valence-electron chi connectivity index (χ0n) is 15.1. The number of rotatable bonds is 6. The van der Waals surface area contributed by atoms with Crippen LogP contribution in [0.5, 0.6) is 0 Å². The summed E-state index contributed by atoms with van der Waals surface area (Å²) in [6.45, 7) is 2.03. The van der Waals surface area contributed by atoms with Gasteiger partial charge in [-0.05, 0) is 30.7 Å². The zero-order valence-corrected chi connectivity index (χ0v) is 15.9. The molecule has 0 aliphatic carbocycles. The van der Waals surface area contributed by atoms with Crippen LogP contribution in [-0.4, -0.2) is 34.2 Å². The highest BCUT2D eigenvalue weighted by Gasteiger charge is 2.14. The van der Waals surface area contributed by atoms with Crippen molar-refractivity contribution in [2.45, 2.75) is 12.1 Å². The third-order valence-corrected chi connectivity index (χ3v) is 4.95. The summed E-state index contributed by atoms with van der Waals surface area (Å²) in [5.74, 6) is -0.255. The number of carbonyl (C=O) groups is 2. The number of nitrogens with zero attached hydrogens (tertiary/aromatic N) is 2. The molecule has 1 aromatic heterocycles. The average molecular weight is 380 g/mol. The van der Waals surface area contributed by atoms with Gasteiger partial charge in [0.1, 0.15) is 0 Å². The Morgan fingerprint density at radius 3 is 2.63 bits per heavy atom. The van der Waals surface area contributed by atoms with E-state index in [4.69, 9.17) is 0 Å². The standard InChI is InChI=1S/C20H20N4O2S/c1-14-7-3-6-10-17(14)24-12-11-22-20(24)27-13-18(25)23-16-9-5-4-8-15(16)19(26)21-2/h3-12H,13H2,1-2H3,(H,21,26)(H,23,25). The van der Waals surface area contributed by atoms with Gasteiger partial charge in [-0.3, -0.25) is 14.2 Å². The largest absolute Gasteiger partial charge is 0.355 e. The number of para-hydroxylation sites is 2. The van der Waals surface area contributed by atoms with E-state index in [9.17, 15) is 9.59 Å². The smallest absolute Gasteiger partial charge is 0.253 e. The van der Waals surface area contributed by atoms with Crippen LogP contribution in [0, 0.1) is 6.92 Å². The van der Waals surface area contributed by atoms with Crippen LogP contribution in [0.25, 0.3) is 5.69 Å². The van der Waals surface area contributed by atoms with E-state index in [1.165, 1.54) is 11.8 Å². The minimum atomic E-state index is -0.242. The highest BCUT2D eigenvalue weighted by Crippen LogP contribution is 2.23. The molecule has 27 heavy (non-hydrogen) atoms. The summed E-state index contributed by atoms with van der Waals surface area (Å²) >= 11 is 1.34. The van der Waals surface area contributed by atoms with Gasteiger partial charge in [0.2, 0.25) is 5.91 Å². The van der Waals surface area contributed by atoms with Crippen LogP contribution >= 0.6 is 11.8 Å². The molecule has 0 aliphatic rings. The summed E-state index contributed by atoms with van der Waals surface area (Å²) in [6.07, 6.45) is 3.59. The number of aromatic nitrogens is 2. The SMILES string of the molecule is CNC(=O)c1ccccc1NC(=O)CSc1nccn1-c1ccccc1C. The maximum Gasteiger partial charge on any atom is 0.253 e. The lowest BCUT2D eigenvalue weighted by atomic mass is 10.1. The van der Waals surface area contributed by atoms with Crippen molar-refractivity contribution in [3.05, 3.63) is 72.1 Å². The van der Waals surface area contributed by atoms with Crippen LogP contribution in [0.4, 0.5) is 5.69 Å². The molecule has 2 amide bonds. The number of nitrogens with one attached hydrogen (secondary N) is 2. The molecule has 0 aliphatic heterocycles. The van der Waals surface area contributed by atoms with E-state index >= 15 is 0 Å². The van der Waals surface area contributed by atoms with Crippen LogP contribution in [0.1, 0.15) is 15.9 Å². The fraction of sp³-hybridized carbons (Fsp3) is 0.150. The molecule has 0 unspecified atom stereocenters. The lowest BCUT2D eigenvalue weighted by molar-refractivity contribution is -0.113. The van der Waals surface area contributed by atoms with Crippen LogP contribution in [0.3, 0.4) is 0 Å². The summed E-state index contributed by atoms with van der Waals surface area (Å²) in [4.78, 5) is 28.7. The third-order valence-electron chi connectivity index (χ3n) is 3.99. The first kappa shape index (κ1) is 18.7. The van der Waals surface area contributed by atoms with Crippen molar-refractivity contribution in [3.63, 3.8) is 0 Å². The molecule has 3 rings (SSSR count). The normalized spacial score (nSPS) is 10.4. The van der Waals surface area contributed by atoms with E-state index in [2.05, 4.69) is 15.6 Å². The predicted molar refractivity (Wildman–Crippen MR) is 107 cm³/mol. The number of hydrogen-bond donors (Lipinski definition) is 2. The molecule has 1 heterocycles. The van der Waals surface area contributed by atoms with Crippen molar-refractivity contribution in [1.82, 2.24) is 14.9 Å². The highest BCUT2D eigenvalue weighted by atomic mass is 32.2. The van der Waals surface area contributed by atoms with Crippen LogP contribution in [-0.2, 0) is 4.79 Å². The number of amides is 2. The van der Waals surface area contributed by atoms with Crippen molar-refractivity contribution in [2.75, 3.05) is 18.1 Å². The van der Waals surface area contributed by atoms with Crippen LogP contribution in [0.2, 0.25) is 0 Å². The van der Waals surface area contributed by atoms with Gasteiger partial charge in [-0.2, -0.15) is 0 Å². The van der Waals surface area contributed by atoms with Crippen molar-refractivity contribution >= 4 is 29.3 Å². The van der Waals surface area contributed by atoms with E-state index in [1.54, 1.807) is 37.5 Å². The van der Waals surface area contributed by atoms with Gasteiger partial charge in [0.15, 0.2) is 5.16 Å².